The Labute approximate surface area is 96.0 Å². The van der Waals surface area contributed by atoms with Crippen molar-refractivity contribution in [1.29, 1.82) is 0 Å². The lowest BCUT2D eigenvalue weighted by atomic mass is 10.2. The lowest BCUT2D eigenvalue weighted by molar-refractivity contribution is -0.121. The number of aryl methyl sites for hydroxylation is 1. The number of hydrogen-bond donors (Lipinski definition) is 2. The minimum atomic E-state index is -0.0544. The lowest BCUT2D eigenvalue weighted by Crippen LogP contribution is -2.25. The van der Waals surface area contributed by atoms with Gasteiger partial charge in [-0.1, -0.05) is 6.92 Å². The van der Waals surface area contributed by atoms with Crippen LogP contribution in [0.4, 0.5) is 0 Å². The average Bonchev–Trinajstić information content (AvgIpc) is 2.71. The van der Waals surface area contributed by atoms with Gasteiger partial charge < -0.3 is 15.6 Å². The van der Waals surface area contributed by atoms with Crippen molar-refractivity contribution >= 4 is 5.91 Å². The van der Waals surface area contributed by atoms with Crippen molar-refractivity contribution in [2.75, 3.05) is 6.54 Å². The highest BCUT2D eigenvalue weighted by molar-refractivity contribution is 5.75. The molecule has 1 rings (SSSR count). The third kappa shape index (κ3) is 3.66. The normalized spacial score (nSPS) is 12.4. The summed E-state index contributed by atoms with van der Waals surface area (Å²) in [7, 11) is 0. The highest BCUT2D eigenvalue weighted by Gasteiger charge is 2.07. The van der Waals surface area contributed by atoms with E-state index in [1.165, 1.54) is 0 Å². The molecule has 5 nitrogen and oxygen atoms in total. The molecule has 3 N–H and O–H groups in total. The summed E-state index contributed by atoms with van der Waals surface area (Å²) in [5, 5.41) is 2.84. The largest absolute Gasteiger partial charge is 0.356 e. The van der Waals surface area contributed by atoms with Crippen LogP contribution in [-0.2, 0) is 11.3 Å². The van der Waals surface area contributed by atoms with Crippen LogP contribution >= 0.6 is 0 Å². The summed E-state index contributed by atoms with van der Waals surface area (Å²) in [5.74, 6) is 0.0752. The predicted octanol–water partition coefficient (Wildman–Crippen LogP) is 0.819. The molecule has 0 saturated heterocycles. The third-order valence-corrected chi connectivity index (χ3v) is 2.36. The first-order valence-corrected chi connectivity index (χ1v) is 5.67. The van der Waals surface area contributed by atoms with E-state index in [4.69, 9.17) is 5.73 Å². The molecule has 0 spiro atoms. The molecule has 1 aromatic rings. The Balaban J connectivity index is 2.42. The van der Waals surface area contributed by atoms with Gasteiger partial charge in [-0.05, 0) is 13.3 Å². The third-order valence-electron chi connectivity index (χ3n) is 2.36. The first kappa shape index (κ1) is 12.7. The number of carbonyl (C=O) groups excluding carboxylic acids is 1. The van der Waals surface area contributed by atoms with Crippen molar-refractivity contribution < 1.29 is 4.79 Å². The van der Waals surface area contributed by atoms with Gasteiger partial charge in [-0.2, -0.15) is 0 Å². The zero-order chi connectivity index (χ0) is 12.0. The van der Waals surface area contributed by atoms with Gasteiger partial charge in [0.05, 0.1) is 12.0 Å². The molecule has 0 bridgehead atoms. The molecule has 1 atom stereocenters. The van der Waals surface area contributed by atoms with Crippen molar-refractivity contribution in [2.24, 2.45) is 5.73 Å². The molecule has 1 amide bonds. The summed E-state index contributed by atoms with van der Waals surface area (Å²) in [6, 6.07) is -0.0544. The molecule has 0 radical (unpaired) electrons. The number of nitrogens with zero attached hydrogens (tertiary/aromatic N) is 2. The molecule has 0 aliphatic heterocycles. The Hall–Kier alpha value is -1.36. The molecular weight excluding hydrogens is 204 g/mol. The van der Waals surface area contributed by atoms with Gasteiger partial charge in [-0.15, -0.1) is 0 Å². The van der Waals surface area contributed by atoms with Gasteiger partial charge in [0.2, 0.25) is 5.91 Å². The first-order valence-electron chi connectivity index (χ1n) is 5.67. The van der Waals surface area contributed by atoms with E-state index in [1.54, 1.807) is 12.5 Å². The molecule has 0 aliphatic rings. The summed E-state index contributed by atoms with van der Waals surface area (Å²) >= 11 is 0. The van der Waals surface area contributed by atoms with Gasteiger partial charge in [0.25, 0.3) is 0 Å². The molecule has 16 heavy (non-hydrogen) atoms. The number of imidazole rings is 1. The lowest BCUT2D eigenvalue weighted by Gasteiger charge is -2.10. The fourth-order valence-corrected chi connectivity index (χ4v) is 1.47. The van der Waals surface area contributed by atoms with Crippen molar-refractivity contribution in [3.8, 4) is 0 Å². The number of rotatable bonds is 6. The smallest absolute Gasteiger partial charge is 0.221 e. The van der Waals surface area contributed by atoms with Gasteiger partial charge in [0.1, 0.15) is 0 Å². The van der Waals surface area contributed by atoms with E-state index >= 15 is 0 Å². The zero-order valence-corrected chi connectivity index (χ0v) is 9.94. The van der Waals surface area contributed by atoms with Gasteiger partial charge in [0.15, 0.2) is 0 Å². The van der Waals surface area contributed by atoms with Crippen molar-refractivity contribution in [1.82, 2.24) is 14.9 Å². The maximum absolute atomic E-state index is 11.4. The molecule has 5 heteroatoms. The van der Waals surface area contributed by atoms with E-state index in [1.807, 2.05) is 18.4 Å². The second kappa shape index (κ2) is 6.27. The van der Waals surface area contributed by atoms with E-state index in [0.29, 0.717) is 13.0 Å². The monoisotopic (exact) mass is 224 g/mol. The minimum absolute atomic E-state index is 0.0544. The molecule has 0 aliphatic carbocycles. The molecule has 1 aromatic heterocycles. The first-order chi connectivity index (χ1) is 7.65. The summed E-state index contributed by atoms with van der Waals surface area (Å²) in [4.78, 5) is 15.4. The highest BCUT2D eigenvalue weighted by Crippen LogP contribution is 2.08. The number of amides is 1. The topological polar surface area (TPSA) is 72.9 Å². The Morgan fingerprint density at radius 2 is 2.44 bits per heavy atom. The maximum Gasteiger partial charge on any atom is 0.221 e. The number of carbonyl (C=O) groups is 1. The van der Waals surface area contributed by atoms with Crippen LogP contribution in [0, 0.1) is 0 Å². The predicted molar refractivity (Wildman–Crippen MR) is 62.7 cm³/mol. The Morgan fingerprint density at radius 3 is 3.06 bits per heavy atom. The Bertz CT molecular complexity index is 332. The highest BCUT2D eigenvalue weighted by atomic mass is 16.1. The van der Waals surface area contributed by atoms with Crippen LogP contribution in [-0.4, -0.2) is 22.0 Å². The molecule has 90 valence electrons. The SMILES string of the molecule is CCCNC(=O)CCn1cncc1[C@@H](C)N. The van der Waals surface area contributed by atoms with Crippen LogP contribution in [0.1, 0.15) is 38.4 Å². The van der Waals surface area contributed by atoms with Crippen LogP contribution in [0.2, 0.25) is 0 Å². The molecule has 1 heterocycles. The number of nitrogens with two attached hydrogens (primary N) is 1. The maximum atomic E-state index is 11.4. The Kier molecular flexibility index (Phi) is 4.98. The van der Waals surface area contributed by atoms with Crippen LogP contribution in [0.15, 0.2) is 12.5 Å². The number of aromatic nitrogens is 2. The average molecular weight is 224 g/mol. The van der Waals surface area contributed by atoms with Gasteiger partial charge in [-0.25, -0.2) is 4.98 Å². The number of nitrogens with one attached hydrogen (secondary N) is 1. The van der Waals surface area contributed by atoms with E-state index in [2.05, 4.69) is 10.3 Å². The molecule has 0 aromatic carbocycles. The summed E-state index contributed by atoms with van der Waals surface area (Å²) in [6.45, 7) is 5.31. The van der Waals surface area contributed by atoms with Crippen molar-refractivity contribution in [3.63, 3.8) is 0 Å². The van der Waals surface area contributed by atoms with Gasteiger partial charge in [-0.3, -0.25) is 4.79 Å². The fraction of sp³-hybridized carbons (Fsp3) is 0.636. The number of hydrogen-bond acceptors (Lipinski definition) is 3. The van der Waals surface area contributed by atoms with E-state index < -0.39 is 0 Å². The molecular formula is C11H20N4O. The second-order valence-electron chi connectivity index (χ2n) is 3.90. The second-order valence-corrected chi connectivity index (χ2v) is 3.90. The fourth-order valence-electron chi connectivity index (χ4n) is 1.47. The molecule has 0 saturated carbocycles. The van der Waals surface area contributed by atoms with Crippen LogP contribution < -0.4 is 11.1 Å². The quantitative estimate of drug-likeness (QED) is 0.751. The van der Waals surface area contributed by atoms with E-state index in [0.717, 1.165) is 18.7 Å². The summed E-state index contributed by atoms with van der Waals surface area (Å²) in [5.41, 5.74) is 6.75. The van der Waals surface area contributed by atoms with Crippen LogP contribution in [0.5, 0.6) is 0 Å². The Morgan fingerprint density at radius 1 is 1.69 bits per heavy atom. The molecule has 0 unspecified atom stereocenters. The summed E-state index contributed by atoms with van der Waals surface area (Å²) < 4.78 is 1.93. The van der Waals surface area contributed by atoms with Crippen LogP contribution in [0.3, 0.4) is 0 Å². The summed E-state index contributed by atoms with van der Waals surface area (Å²) in [6.07, 6.45) is 4.89. The zero-order valence-electron chi connectivity index (χ0n) is 9.94. The van der Waals surface area contributed by atoms with Crippen molar-refractivity contribution in [3.05, 3.63) is 18.2 Å². The van der Waals surface area contributed by atoms with E-state index in [-0.39, 0.29) is 11.9 Å². The van der Waals surface area contributed by atoms with Crippen molar-refractivity contribution in [2.45, 2.75) is 39.3 Å². The van der Waals surface area contributed by atoms with Gasteiger partial charge in [0, 0.05) is 31.7 Å². The standard InChI is InChI=1S/C11H20N4O/c1-3-5-14-11(16)4-6-15-8-13-7-10(15)9(2)12/h7-9H,3-6,12H2,1-2H3,(H,14,16)/t9-/m1/s1. The molecule has 0 fully saturated rings. The van der Waals surface area contributed by atoms with Gasteiger partial charge >= 0.3 is 0 Å². The van der Waals surface area contributed by atoms with E-state index in [9.17, 15) is 4.79 Å². The van der Waals surface area contributed by atoms with Crippen LogP contribution in [0.25, 0.3) is 0 Å². The minimum Gasteiger partial charge on any atom is -0.356 e.